The molecule has 3 rings (SSSR count). The van der Waals surface area contributed by atoms with Gasteiger partial charge < -0.3 is 10.4 Å². The monoisotopic (exact) mass is 338 g/mol. The van der Waals surface area contributed by atoms with Gasteiger partial charge in [0, 0.05) is 31.7 Å². The van der Waals surface area contributed by atoms with E-state index in [1.165, 1.54) is 11.1 Å². The van der Waals surface area contributed by atoms with Crippen LogP contribution in [0.5, 0.6) is 0 Å². The average Bonchev–Trinajstić information content (AvgIpc) is 2.62. The Balaban J connectivity index is 1.51. The second-order valence-electron chi connectivity index (χ2n) is 6.87. The van der Waals surface area contributed by atoms with Crippen molar-refractivity contribution in [2.24, 2.45) is 0 Å². The fourth-order valence-corrected chi connectivity index (χ4v) is 3.38. The van der Waals surface area contributed by atoms with Gasteiger partial charge in [-0.25, -0.2) is 0 Å². The zero-order chi connectivity index (χ0) is 17.8. The lowest BCUT2D eigenvalue weighted by molar-refractivity contribution is 0.0841. The summed E-state index contributed by atoms with van der Waals surface area (Å²) >= 11 is 0. The number of aliphatic hydroxyl groups excluding tert-OH is 1. The predicted molar refractivity (Wildman–Crippen MR) is 99.7 cm³/mol. The Kier molecular flexibility index (Phi) is 5.51. The first kappa shape index (κ1) is 17.6. The topological polar surface area (TPSA) is 52.6 Å². The number of hydrogen-bond acceptors (Lipinski definition) is 3. The van der Waals surface area contributed by atoms with Gasteiger partial charge in [0.15, 0.2) is 0 Å². The summed E-state index contributed by atoms with van der Waals surface area (Å²) in [4.78, 5) is 14.6. The number of rotatable bonds is 5. The molecular formula is C21H26N2O2. The van der Waals surface area contributed by atoms with Crippen molar-refractivity contribution < 1.29 is 9.90 Å². The third-order valence-electron chi connectivity index (χ3n) is 5.03. The molecule has 1 aliphatic rings. The molecule has 4 nitrogen and oxygen atoms in total. The molecule has 0 fully saturated rings. The van der Waals surface area contributed by atoms with Crippen LogP contribution in [0.3, 0.4) is 0 Å². The summed E-state index contributed by atoms with van der Waals surface area (Å²) in [6, 6.07) is 14.2. The Labute approximate surface area is 149 Å². The van der Waals surface area contributed by atoms with E-state index in [1.807, 2.05) is 32.0 Å². The van der Waals surface area contributed by atoms with E-state index >= 15 is 0 Å². The highest BCUT2D eigenvalue weighted by atomic mass is 16.3. The molecule has 4 heteroatoms. The molecule has 25 heavy (non-hydrogen) atoms. The molecule has 2 N–H and O–H groups in total. The summed E-state index contributed by atoms with van der Waals surface area (Å²) < 4.78 is 0. The summed E-state index contributed by atoms with van der Waals surface area (Å²) in [5, 5.41) is 13.2. The molecule has 2 aromatic rings. The summed E-state index contributed by atoms with van der Waals surface area (Å²) in [6.07, 6.45) is 0.442. The first-order valence-corrected chi connectivity index (χ1v) is 8.86. The normalized spacial score (nSPS) is 15.5. The van der Waals surface area contributed by atoms with E-state index in [0.29, 0.717) is 12.1 Å². The van der Waals surface area contributed by atoms with Crippen LogP contribution in [0.15, 0.2) is 42.5 Å². The van der Waals surface area contributed by atoms with Crippen molar-refractivity contribution >= 4 is 5.91 Å². The fourth-order valence-electron chi connectivity index (χ4n) is 3.38. The van der Waals surface area contributed by atoms with E-state index in [9.17, 15) is 9.90 Å². The summed E-state index contributed by atoms with van der Waals surface area (Å²) in [7, 11) is 0. The van der Waals surface area contributed by atoms with Crippen molar-refractivity contribution in [2.75, 3.05) is 19.6 Å². The van der Waals surface area contributed by atoms with Crippen molar-refractivity contribution in [1.82, 2.24) is 10.2 Å². The lowest BCUT2D eigenvalue weighted by Gasteiger charge is -2.30. The first-order chi connectivity index (χ1) is 12.0. The number of β-amino-alcohol motifs (C(OH)–C–C–N with tert-alkyl or cyclic N) is 1. The third kappa shape index (κ3) is 4.27. The van der Waals surface area contributed by atoms with Gasteiger partial charge in [0.1, 0.15) is 0 Å². The zero-order valence-electron chi connectivity index (χ0n) is 15.0. The van der Waals surface area contributed by atoms with Crippen LogP contribution in [0.2, 0.25) is 0 Å². The quantitative estimate of drug-likeness (QED) is 0.880. The Morgan fingerprint density at radius 3 is 2.72 bits per heavy atom. The number of aliphatic hydroxyl groups is 1. The molecule has 0 aromatic heterocycles. The second kappa shape index (κ2) is 7.81. The van der Waals surface area contributed by atoms with Crippen LogP contribution in [0, 0.1) is 13.8 Å². The molecule has 2 aromatic carbocycles. The zero-order valence-corrected chi connectivity index (χ0v) is 15.0. The largest absolute Gasteiger partial charge is 0.390 e. The number of aryl methyl sites for hydroxylation is 1. The summed E-state index contributed by atoms with van der Waals surface area (Å²) in [5.41, 5.74) is 5.50. The summed E-state index contributed by atoms with van der Waals surface area (Å²) in [5.74, 6) is -0.121. The van der Waals surface area contributed by atoms with Crippen molar-refractivity contribution in [1.29, 1.82) is 0 Å². The lowest BCUT2D eigenvalue weighted by atomic mass is 10.00. The minimum absolute atomic E-state index is 0.121. The van der Waals surface area contributed by atoms with Gasteiger partial charge in [-0.15, -0.1) is 0 Å². The van der Waals surface area contributed by atoms with Crippen LogP contribution in [0.1, 0.15) is 32.6 Å². The molecule has 0 bridgehead atoms. The maximum absolute atomic E-state index is 12.3. The minimum Gasteiger partial charge on any atom is -0.390 e. The van der Waals surface area contributed by atoms with Gasteiger partial charge in [-0.1, -0.05) is 36.4 Å². The highest BCUT2D eigenvalue weighted by molar-refractivity contribution is 5.95. The Bertz CT molecular complexity index is 757. The molecule has 0 radical (unpaired) electrons. The number of nitrogens with zero attached hydrogens (tertiary/aromatic N) is 1. The number of benzene rings is 2. The summed E-state index contributed by atoms with van der Waals surface area (Å²) in [6.45, 7) is 6.59. The molecule has 0 spiro atoms. The van der Waals surface area contributed by atoms with Crippen LogP contribution in [-0.4, -0.2) is 41.7 Å². The van der Waals surface area contributed by atoms with Crippen LogP contribution < -0.4 is 5.32 Å². The van der Waals surface area contributed by atoms with E-state index in [1.54, 1.807) is 0 Å². The lowest BCUT2D eigenvalue weighted by Crippen LogP contribution is -2.42. The average molecular weight is 338 g/mol. The molecule has 132 valence electrons. The minimum atomic E-state index is -0.570. The molecule has 0 unspecified atom stereocenters. The molecular weight excluding hydrogens is 312 g/mol. The third-order valence-corrected chi connectivity index (χ3v) is 5.03. The Morgan fingerprint density at radius 1 is 1.16 bits per heavy atom. The van der Waals surface area contributed by atoms with Crippen LogP contribution >= 0.6 is 0 Å². The number of hydrogen-bond donors (Lipinski definition) is 2. The molecule has 1 atom stereocenters. The van der Waals surface area contributed by atoms with Crippen LogP contribution in [0.4, 0.5) is 0 Å². The molecule has 0 saturated heterocycles. The number of amides is 1. The van der Waals surface area contributed by atoms with Gasteiger partial charge in [-0.2, -0.15) is 0 Å². The van der Waals surface area contributed by atoms with E-state index in [4.69, 9.17) is 0 Å². The van der Waals surface area contributed by atoms with E-state index in [2.05, 4.69) is 34.5 Å². The first-order valence-electron chi connectivity index (χ1n) is 8.86. The van der Waals surface area contributed by atoms with E-state index < -0.39 is 6.10 Å². The number of fused-ring (bicyclic) bond motifs is 1. The van der Waals surface area contributed by atoms with Gasteiger partial charge in [-0.05, 0) is 48.6 Å². The maximum Gasteiger partial charge on any atom is 0.251 e. The molecule has 0 saturated carbocycles. The standard InChI is InChI=1S/C21H26N2O2/c1-15-6-5-9-20(16(15)2)21(25)22-12-19(24)14-23-11-10-17-7-3-4-8-18(17)13-23/h3-9,19,24H,10-14H2,1-2H3,(H,22,25)/t19-/m1/s1. The van der Waals surface area contributed by atoms with Crippen molar-refractivity contribution in [3.63, 3.8) is 0 Å². The predicted octanol–water partition coefficient (Wildman–Crippen LogP) is 2.45. The van der Waals surface area contributed by atoms with E-state index in [-0.39, 0.29) is 12.5 Å². The SMILES string of the molecule is Cc1cccc(C(=O)NC[C@@H](O)CN2CCc3ccccc3C2)c1C. The van der Waals surface area contributed by atoms with Crippen molar-refractivity contribution in [3.8, 4) is 0 Å². The van der Waals surface area contributed by atoms with Gasteiger partial charge in [0.05, 0.1) is 6.10 Å². The van der Waals surface area contributed by atoms with Crippen molar-refractivity contribution in [2.45, 2.75) is 32.9 Å². The maximum atomic E-state index is 12.3. The molecule has 0 aliphatic carbocycles. The molecule has 1 amide bonds. The second-order valence-corrected chi connectivity index (χ2v) is 6.87. The van der Waals surface area contributed by atoms with Crippen LogP contribution in [-0.2, 0) is 13.0 Å². The number of carbonyl (C=O) groups is 1. The molecule has 1 heterocycles. The van der Waals surface area contributed by atoms with Gasteiger partial charge in [0.25, 0.3) is 5.91 Å². The fraction of sp³-hybridized carbons (Fsp3) is 0.381. The highest BCUT2D eigenvalue weighted by Gasteiger charge is 2.19. The Morgan fingerprint density at radius 2 is 1.92 bits per heavy atom. The van der Waals surface area contributed by atoms with Gasteiger partial charge >= 0.3 is 0 Å². The number of nitrogens with one attached hydrogen (secondary N) is 1. The van der Waals surface area contributed by atoms with Gasteiger partial charge in [-0.3, -0.25) is 9.69 Å². The van der Waals surface area contributed by atoms with Crippen molar-refractivity contribution in [3.05, 3.63) is 70.3 Å². The van der Waals surface area contributed by atoms with Gasteiger partial charge in [0.2, 0.25) is 0 Å². The smallest absolute Gasteiger partial charge is 0.251 e. The van der Waals surface area contributed by atoms with Crippen LogP contribution in [0.25, 0.3) is 0 Å². The highest BCUT2D eigenvalue weighted by Crippen LogP contribution is 2.18. The van der Waals surface area contributed by atoms with E-state index in [0.717, 1.165) is 30.6 Å². The number of carbonyl (C=O) groups excluding carboxylic acids is 1. The Hall–Kier alpha value is -2.17. The molecule has 1 aliphatic heterocycles.